The van der Waals surface area contributed by atoms with E-state index in [0.717, 1.165) is 5.57 Å². The van der Waals surface area contributed by atoms with E-state index in [9.17, 15) is 24.6 Å². The lowest BCUT2D eigenvalue weighted by molar-refractivity contribution is -0.161. The summed E-state index contributed by atoms with van der Waals surface area (Å²) in [6.07, 6.45) is 7.49. The number of epoxide rings is 1. The largest absolute Gasteiger partial charge is 0.481 e. The molecule has 3 unspecified atom stereocenters. The molecule has 7 nitrogen and oxygen atoms in total. The number of hydrogen-bond donors (Lipinski definition) is 2. The second-order valence-corrected chi connectivity index (χ2v) is 10.6. The molecule has 2 saturated carbocycles. The van der Waals surface area contributed by atoms with Gasteiger partial charge in [0.25, 0.3) is 0 Å². The fourth-order valence-electron chi connectivity index (χ4n) is 7.63. The lowest BCUT2D eigenvalue weighted by atomic mass is 9.43. The number of ether oxygens (including phenoxy) is 2. The van der Waals surface area contributed by atoms with Gasteiger partial charge < -0.3 is 19.7 Å². The van der Waals surface area contributed by atoms with Crippen LogP contribution in [-0.2, 0) is 23.9 Å². The quantitative estimate of drug-likeness (QED) is 0.400. The van der Waals surface area contributed by atoms with Crippen molar-refractivity contribution in [3.8, 4) is 0 Å². The summed E-state index contributed by atoms with van der Waals surface area (Å²) in [7, 11) is 1.38. The van der Waals surface area contributed by atoms with Gasteiger partial charge in [0.2, 0.25) is 0 Å². The first-order valence-electron chi connectivity index (χ1n) is 11.2. The van der Waals surface area contributed by atoms with Crippen LogP contribution < -0.4 is 0 Å². The third-order valence-corrected chi connectivity index (χ3v) is 9.43. The van der Waals surface area contributed by atoms with Crippen LogP contribution in [0.3, 0.4) is 0 Å². The summed E-state index contributed by atoms with van der Waals surface area (Å²) in [4.78, 5) is 36.4. The van der Waals surface area contributed by atoms with Crippen molar-refractivity contribution >= 4 is 17.7 Å². The van der Waals surface area contributed by atoms with Crippen LogP contribution in [0, 0.1) is 28.6 Å². The number of aliphatic carboxylic acids is 1. The number of rotatable bonds is 4. The van der Waals surface area contributed by atoms with E-state index in [2.05, 4.69) is 6.92 Å². The smallest absolute Gasteiger partial charge is 0.309 e. The van der Waals surface area contributed by atoms with Crippen molar-refractivity contribution in [2.45, 2.75) is 69.7 Å². The minimum absolute atomic E-state index is 0.0904. The molecule has 1 spiro atoms. The number of hydrogen-bond acceptors (Lipinski definition) is 6. The molecule has 8 atom stereocenters. The Labute approximate surface area is 181 Å². The average Bonchev–Trinajstić information content (AvgIpc) is 3.38. The molecule has 0 aromatic heterocycles. The van der Waals surface area contributed by atoms with Crippen LogP contribution in [0.15, 0.2) is 23.8 Å². The summed E-state index contributed by atoms with van der Waals surface area (Å²) in [6, 6.07) is 0. The number of methoxy groups -OCH3 is 1. The molecule has 2 N–H and O–H groups in total. The van der Waals surface area contributed by atoms with Gasteiger partial charge in [-0.15, -0.1) is 0 Å². The zero-order valence-corrected chi connectivity index (χ0v) is 18.2. The molecule has 168 valence electrons. The molecule has 4 aliphatic carbocycles. The molecular weight excluding hydrogens is 400 g/mol. The summed E-state index contributed by atoms with van der Waals surface area (Å²) >= 11 is 0. The highest BCUT2D eigenvalue weighted by molar-refractivity contribution is 5.92. The fourth-order valence-corrected chi connectivity index (χ4v) is 7.63. The zero-order valence-electron chi connectivity index (χ0n) is 18.2. The monoisotopic (exact) mass is 430 g/mol. The van der Waals surface area contributed by atoms with Gasteiger partial charge in [0, 0.05) is 29.6 Å². The molecule has 7 heteroatoms. The molecule has 3 fully saturated rings. The number of aliphatic hydroxyl groups is 1. The van der Waals surface area contributed by atoms with Crippen LogP contribution in [0.5, 0.6) is 0 Å². The van der Waals surface area contributed by atoms with E-state index >= 15 is 0 Å². The summed E-state index contributed by atoms with van der Waals surface area (Å²) < 4.78 is 11.7. The Morgan fingerprint density at radius 3 is 2.74 bits per heavy atom. The normalized spacial score (nSPS) is 49.3. The van der Waals surface area contributed by atoms with E-state index in [-0.39, 0.29) is 47.9 Å². The SMILES string of the molecule is COC(=O)C1CC2=CC(=O)CC[C@]2(C)[C@@]23O[C@@H]2C[C@@]2(C)C(C=C[C@@]2(O)CCC(=O)O)C13. The summed E-state index contributed by atoms with van der Waals surface area (Å²) in [5.41, 5.74) is -1.83. The van der Waals surface area contributed by atoms with Gasteiger partial charge in [-0.25, -0.2) is 0 Å². The van der Waals surface area contributed by atoms with Gasteiger partial charge in [0.1, 0.15) is 5.60 Å². The number of ketones is 1. The highest BCUT2D eigenvalue weighted by Gasteiger charge is 2.82. The topological polar surface area (TPSA) is 113 Å². The van der Waals surface area contributed by atoms with Gasteiger partial charge in [0.15, 0.2) is 5.78 Å². The van der Waals surface area contributed by atoms with Gasteiger partial charge in [0.05, 0.1) is 24.7 Å². The standard InChI is InChI=1S/C24H30O7/c1-21-7-4-14(25)10-13(21)11-15(20(28)30-3)19-16-5-8-23(29,9-6-18(26)27)22(16,2)12-17-24(19,21)31-17/h5,8,10,15-17,19,29H,4,6-7,9,11-12H2,1-3H3,(H,26,27)/t15?,16?,17-,19?,21+,22+,23-,24-/m1/s1. The number of allylic oxidation sites excluding steroid dienone is 2. The molecular formula is C24H30O7. The fraction of sp³-hybridized carbons (Fsp3) is 0.708. The van der Waals surface area contributed by atoms with Crippen molar-refractivity contribution in [2.75, 3.05) is 7.11 Å². The van der Waals surface area contributed by atoms with Crippen LogP contribution in [0.25, 0.3) is 0 Å². The van der Waals surface area contributed by atoms with Crippen LogP contribution in [0.2, 0.25) is 0 Å². The molecule has 1 saturated heterocycles. The maximum atomic E-state index is 13.0. The van der Waals surface area contributed by atoms with Gasteiger partial charge in [-0.3, -0.25) is 14.4 Å². The predicted octanol–water partition coefficient (Wildman–Crippen LogP) is 2.42. The minimum Gasteiger partial charge on any atom is -0.481 e. The molecule has 0 aromatic rings. The van der Waals surface area contributed by atoms with Gasteiger partial charge >= 0.3 is 11.9 Å². The number of carboxylic acids is 1. The predicted molar refractivity (Wildman–Crippen MR) is 109 cm³/mol. The van der Waals surface area contributed by atoms with E-state index in [1.54, 1.807) is 12.2 Å². The van der Waals surface area contributed by atoms with Crippen LogP contribution in [0.4, 0.5) is 0 Å². The second-order valence-electron chi connectivity index (χ2n) is 10.6. The van der Waals surface area contributed by atoms with Crippen molar-refractivity contribution in [1.82, 2.24) is 0 Å². The lowest BCUT2D eigenvalue weighted by Crippen LogP contribution is -2.63. The maximum Gasteiger partial charge on any atom is 0.309 e. The molecule has 0 aromatic carbocycles. The highest BCUT2D eigenvalue weighted by Crippen LogP contribution is 2.76. The molecule has 1 aliphatic heterocycles. The molecule has 0 amide bonds. The summed E-state index contributed by atoms with van der Waals surface area (Å²) in [6.45, 7) is 4.15. The van der Waals surface area contributed by atoms with Crippen LogP contribution in [0.1, 0.15) is 52.4 Å². The van der Waals surface area contributed by atoms with Gasteiger partial charge in [-0.2, -0.15) is 0 Å². The lowest BCUT2D eigenvalue weighted by Gasteiger charge is -2.58. The van der Waals surface area contributed by atoms with E-state index < -0.39 is 28.5 Å². The summed E-state index contributed by atoms with van der Waals surface area (Å²) in [5.74, 6) is -2.00. The van der Waals surface area contributed by atoms with Gasteiger partial charge in [-0.1, -0.05) is 31.6 Å². The Hall–Kier alpha value is -1.99. The van der Waals surface area contributed by atoms with Crippen molar-refractivity contribution in [1.29, 1.82) is 0 Å². The number of carboxylic acid groups (broad SMARTS) is 1. The van der Waals surface area contributed by atoms with Crippen LogP contribution >= 0.6 is 0 Å². The number of carbonyl (C=O) groups is 3. The number of esters is 1. The third kappa shape index (κ3) is 2.45. The molecule has 31 heavy (non-hydrogen) atoms. The second kappa shape index (κ2) is 6.29. The molecule has 5 rings (SSSR count). The Morgan fingerprint density at radius 2 is 2.06 bits per heavy atom. The third-order valence-electron chi connectivity index (χ3n) is 9.43. The Morgan fingerprint density at radius 1 is 1.32 bits per heavy atom. The first-order valence-corrected chi connectivity index (χ1v) is 11.2. The Balaban J connectivity index is 1.60. The van der Waals surface area contributed by atoms with E-state index in [1.165, 1.54) is 7.11 Å². The number of carbonyl (C=O) groups excluding carboxylic acids is 2. The van der Waals surface area contributed by atoms with Crippen molar-refractivity contribution in [2.24, 2.45) is 28.6 Å². The number of fused-ring (bicyclic) bond motifs is 3. The Kier molecular flexibility index (Phi) is 4.24. The molecule has 0 radical (unpaired) electrons. The van der Waals surface area contributed by atoms with Crippen LogP contribution in [-0.4, -0.2) is 52.4 Å². The van der Waals surface area contributed by atoms with E-state index in [1.807, 2.05) is 13.0 Å². The first kappa shape index (κ1) is 20.9. The molecule has 5 aliphatic rings. The van der Waals surface area contributed by atoms with Crippen molar-refractivity contribution in [3.63, 3.8) is 0 Å². The first-order chi connectivity index (χ1) is 14.5. The van der Waals surface area contributed by atoms with E-state index in [0.29, 0.717) is 25.7 Å². The molecule has 0 bridgehead atoms. The van der Waals surface area contributed by atoms with Crippen molar-refractivity contribution < 1.29 is 34.1 Å². The Bertz CT molecular complexity index is 936. The van der Waals surface area contributed by atoms with Gasteiger partial charge in [-0.05, 0) is 37.7 Å². The average molecular weight is 430 g/mol. The highest BCUT2D eigenvalue weighted by atomic mass is 16.6. The van der Waals surface area contributed by atoms with E-state index in [4.69, 9.17) is 9.47 Å². The maximum absolute atomic E-state index is 13.0. The summed E-state index contributed by atoms with van der Waals surface area (Å²) in [5, 5.41) is 20.7. The van der Waals surface area contributed by atoms with Crippen molar-refractivity contribution in [3.05, 3.63) is 23.8 Å². The minimum atomic E-state index is -1.27. The zero-order chi connectivity index (χ0) is 22.4. The molecule has 1 heterocycles.